The van der Waals surface area contributed by atoms with Gasteiger partial charge in [0.1, 0.15) is 22.0 Å². The number of hydrogen-bond donors (Lipinski definition) is 0. The third kappa shape index (κ3) is 2.93. The van der Waals surface area contributed by atoms with Crippen molar-refractivity contribution < 1.29 is 17.9 Å². The van der Waals surface area contributed by atoms with Gasteiger partial charge in [0.2, 0.25) is 9.84 Å². The molecular formula is C18H20O4S. The molecule has 1 heterocycles. The quantitative estimate of drug-likeness (QED) is 0.861. The van der Waals surface area contributed by atoms with E-state index in [1.165, 1.54) is 7.11 Å². The van der Waals surface area contributed by atoms with Crippen LogP contribution < -0.4 is 9.47 Å². The van der Waals surface area contributed by atoms with Crippen LogP contribution in [0.4, 0.5) is 0 Å². The van der Waals surface area contributed by atoms with Gasteiger partial charge in [-0.3, -0.25) is 0 Å². The Balaban J connectivity index is 2.14. The SMILES string of the molecule is COc1cc2c(cc1S(=O)(=O)c1ccccc1)CCC(C)(C)O2. The highest BCUT2D eigenvalue weighted by Crippen LogP contribution is 2.40. The summed E-state index contributed by atoms with van der Waals surface area (Å²) in [6.45, 7) is 4.05. The lowest BCUT2D eigenvalue weighted by atomic mass is 9.94. The molecule has 122 valence electrons. The second-order valence-corrected chi connectivity index (χ2v) is 8.21. The van der Waals surface area contributed by atoms with Crippen molar-refractivity contribution in [3.63, 3.8) is 0 Å². The van der Waals surface area contributed by atoms with E-state index < -0.39 is 9.84 Å². The Bertz CT molecular complexity index is 824. The number of ether oxygens (including phenoxy) is 2. The molecule has 2 aromatic carbocycles. The summed E-state index contributed by atoms with van der Waals surface area (Å²) >= 11 is 0. The van der Waals surface area contributed by atoms with Gasteiger partial charge < -0.3 is 9.47 Å². The lowest BCUT2D eigenvalue weighted by Gasteiger charge is -2.33. The predicted octanol–water partition coefficient (Wildman–Crippen LogP) is 3.63. The first kappa shape index (κ1) is 15.9. The third-order valence-electron chi connectivity index (χ3n) is 4.07. The van der Waals surface area contributed by atoms with Gasteiger partial charge in [0.15, 0.2) is 0 Å². The van der Waals surface area contributed by atoms with Gasteiger partial charge in [-0.2, -0.15) is 0 Å². The van der Waals surface area contributed by atoms with Crippen LogP contribution in [-0.2, 0) is 16.3 Å². The molecule has 5 heteroatoms. The van der Waals surface area contributed by atoms with Gasteiger partial charge in [-0.15, -0.1) is 0 Å². The van der Waals surface area contributed by atoms with Crippen molar-refractivity contribution in [2.24, 2.45) is 0 Å². The minimum Gasteiger partial charge on any atom is -0.495 e. The van der Waals surface area contributed by atoms with Gasteiger partial charge >= 0.3 is 0 Å². The van der Waals surface area contributed by atoms with Gasteiger partial charge in [-0.1, -0.05) is 18.2 Å². The van der Waals surface area contributed by atoms with Crippen LogP contribution in [-0.4, -0.2) is 21.1 Å². The normalized spacial score (nSPS) is 16.3. The summed E-state index contributed by atoms with van der Waals surface area (Å²) in [6, 6.07) is 11.8. The lowest BCUT2D eigenvalue weighted by Crippen LogP contribution is -2.32. The fraction of sp³-hybridized carbons (Fsp3) is 0.333. The average Bonchev–Trinajstić information content (AvgIpc) is 2.53. The summed E-state index contributed by atoms with van der Waals surface area (Å²) < 4.78 is 37.1. The van der Waals surface area contributed by atoms with Crippen LogP contribution >= 0.6 is 0 Å². The molecule has 4 nitrogen and oxygen atoms in total. The summed E-state index contributed by atoms with van der Waals surface area (Å²) in [5, 5.41) is 0. The first-order chi connectivity index (χ1) is 10.8. The summed E-state index contributed by atoms with van der Waals surface area (Å²) in [4.78, 5) is 0.448. The fourth-order valence-electron chi connectivity index (χ4n) is 2.75. The monoisotopic (exact) mass is 332 g/mol. The molecule has 0 unspecified atom stereocenters. The second-order valence-electron chi connectivity index (χ2n) is 6.29. The van der Waals surface area contributed by atoms with Crippen molar-refractivity contribution in [3.05, 3.63) is 48.0 Å². The summed E-state index contributed by atoms with van der Waals surface area (Å²) in [7, 11) is -2.15. The van der Waals surface area contributed by atoms with Gasteiger partial charge in [-0.25, -0.2) is 8.42 Å². The van der Waals surface area contributed by atoms with Crippen LogP contribution in [0.25, 0.3) is 0 Å². The van der Waals surface area contributed by atoms with E-state index >= 15 is 0 Å². The van der Waals surface area contributed by atoms with E-state index in [1.54, 1.807) is 42.5 Å². The van der Waals surface area contributed by atoms with E-state index in [2.05, 4.69) is 0 Å². The Hall–Kier alpha value is -2.01. The number of benzene rings is 2. The molecule has 0 saturated heterocycles. The molecule has 23 heavy (non-hydrogen) atoms. The topological polar surface area (TPSA) is 52.6 Å². The molecule has 3 rings (SSSR count). The molecule has 0 atom stereocenters. The average molecular weight is 332 g/mol. The Morgan fingerprint density at radius 2 is 1.83 bits per heavy atom. The maximum atomic E-state index is 12.9. The molecule has 0 aromatic heterocycles. The van der Waals surface area contributed by atoms with Crippen molar-refractivity contribution in [2.75, 3.05) is 7.11 Å². The van der Waals surface area contributed by atoms with E-state index in [0.717, 1.165) is 18.4 Å². The van der Waals surface area contributed by atoms with Crippen molar-refractivity contribution in [3.8, 4) is 11.5 Å². The number of aryl methyl sites for hydroxylation is 1. The van der Waals surface area contributed by atoms with Crippen LogP contribution in [0.5, 0.6) is 11.5 Å². The fourth-order valence-corrected chi connectivity index (χ4v) is 4.23. The van der Waals surface area contributed by atoms with Crippen LogP contribution in [0.3, 0.4) is 0 Å². The van der Waals surface area contributed by atoms with Gasteiger partial charge in [0.05, 0.1) is 12.0 Å². The second kappa shape index (κ2) is 5.57. The van der Waals surface area contributed by atoms with Crippen LogP contribution in [0.1, 0.15) is 25.8 Å². The molecule has 1 aliphatic rings. The maximum Gasteiger partial charge on any atom is 0.210 e. The molecule has 2 aromatic rings. The Labute approximate surface area is 137 Å². The summed E-state index contributed by atoms with van der Waals surface area (Å²) in [5.74, 6) is 1.01. The molecule has 0 bridgehead atoms. The van der Waals surface area contributed by atoms with Crippen molar-refractivity contribution in [1.82, 2.24) is 0 Å². The first-order valence-electron chi connectivity index (χ1n) is 7.53. The number of hydrogen-bond acceptors (Lipinski definition) is 4. The number of rotatable bonds is 3. The minimum absolute atomic E-state index is 0.188. The Morgan fingerprint density at radius 3 is 2.48 bits per heavy atom. The Morgan fingerprint density at radius 1 is 1.13 bits per heavy atom. The summed E-state index contributed by atoms with van der Waals surface area (Å²) in [6.07, 6.45) is 1.63. The predicted molar refractivity (Wildman–Crippen MR) is 87.9 cm³/mol. The molecule has 0 N–H and O–H groups in total. The van der Waals surface area contributed by atoms with E-state index in [-0.39, 0.29) is 15.4 Å². The summed E-state index contributed by atoms with van der Waals surface area (Å²) in [5.41, 5.74) is 0.650. The molecule has 0 amide bonds. The molecule has 0 saturated carbocycles. The minimum atomic E-state index is -3.62. The highest BCUT2D eigenvalue weighted by molar-refractivity contribution is 7.91. The molecular weight excluding hydrogens is 312 g/mol. The number of fused-ring (bicyclic) bond motifs is 1. The molecule has 0 aliphatic carbocycles. The van der Waals surface area contributed by atoms with E-state index in [0.29, 0.717) is 11.5 Å². The van der Waals surface area contributed by atoms with Crippen molar-refractivity contribution >= 4 is 9.84 Å². The zero-order valence-electron chi connectivity index (χ0n) is 13.5. The maximum absolute atomic E-state index is 12.9. The standard InChI is InChI=1S/C18H20O4S/c1-18(2)10-9-13-11-17(16(21-3)12-15(13)22-18)23(19,20)14-7-5-4-6-8-14/h4-8,11-12H,9-10H2,1-3H3. The van der Waals surface area contributed by atoms with E-state index in [1.807, 2.05) is 13.8 Å². The van der Waals surface area contributed by atoms with Gasteiger partial charge in [0, 0.05) is 6.07 Å². The zero-order chi connectivity index (χ0) is 16.7. The van der Waals surface area contributed by atoms with Gasteiger partial charge in [-0.05, 0) is 50.5 Å². The highest BCUT2D eigenvalue weighted by atomic mass is 32.2. The third-order valence-corrected chi connectivity index (χ3v) is 5.86. The lowest BCUT2D eigenvalue weighted by molar-refractivity contribution is 0.0841. The van der Waals surface area contributed by atoms with Gasteiger partial charge in [0.25, 0.3) is 0 Å². The van der Waals surface area contributed by atoms with Crippen LogP contribution in [0, 0.1) is 0 Å². The van der Waals surface area contributed by atoms with Crippen LogP contribution in [0.15, 0.2) is 52.3 Å². The van der Waals surface area contributed by atoms with Crippen molar-refractivity contribution in [2.45, 2.75) is 42.1 Å². The smallest absolute Gasteiger partial charge is 0.210 e. The van der Waals surface area contributed by atoms with E-state index in [9.17, 15) is 8.42 Å². The van der Waals surface area contributed by atoms with Crippen molar-refractivity contribution in [1.29, 1.82) is 0 Å². The molecule has 1 aliphatic heterocycles. The molecule has 0 fully saturated rings. The molecule has 0 radical (unpaired) electrons. The first-order valence-corrected chi connectivity index (χ1v) is 9.02. The molecule has 0 spiro atoms. The number of sulfone groups is 1. The highest BCUT2D eigenvalue weighted by Gasteiger charge is 2.30. The largest absolute Gasteiger partial charge is 0.495 e. The zero-order valence-corrected chi connectivity index (χ0v) is 14.3. The van der Waals surface area contributed by atoms with E-state index in [4.69, 9.17) is 9.47 Å². The number of methoxy groups -OCH3 is 1. The Kier molecular flexibility index (Phi) is 3.84. The van der Waals surface area contributed by atoms with Crippen LogP contribution in [0.2, 0.25) is 0 Å².